The van der Waals surface area contributed by atoms with E-state index in [-0.39, 0.29) is 0 Å². The summed E-state index contributed by atoms with van der Waals surface area (Å²) in [5, 5.41) is 5.85. The standard InChI is InChI=1S/C14H20N2O3S/c1-11-4-3-5-12(10-11)16-13(17)14(20(2,18)19)6-8-15-9-7-14/h3-5,10,15H,6-9H2,1-2H3,(H,16,17). The summed E-state index contributed by atoms with van der Waals surface area (Å²) >= 11 is 0. The predicted octanol–water partition coefficient (Wildman–Crippen LogP) is 1.10. The molecule has 1 saturated heterocycles. The highest BCUT2D eigenvalue weighted by atomic mass is 32.2. The average molecular weight is 296 g/mol. The number of sulfone groups is 1. The van der Waals surface area contributed by atoms with Crippen molar-refractivity contribution in [3.63, 3.8) is 0 Å². The van der Waals surface area contributed by atoms with Crippen LogP contribution in [0, 0.1) is 6.92 Å². The topological polar surface area (TPSA) is 75.3 Å². The molecule has 1 aliphatic rings. The van der Waals surface area contributed by atoms with Gasteiger partial charge >= 0.3 is 0 Å². The van der Waals surface area contributed by atoms with Gasteiger partial charge in [-0.3, -0.25) is 4.79 Å². The van der Waals surface area contributed by atoms with Crippen LogP contribution in [0.3, 0.4) is 0 Å². The number of carbonyl (C=O) groups excluding carboxylic acids is 1. The van der Waals surface area contributed by atoms with Gasteiger partial charge in [-0.05, 0) is 50.6 Å². The molecule has 1 aliphatic heterocycles. The van der Waals surface area contributed by atoms with E-state index in [1.165, 1.54) is 0 Å². The number of piperidine rings is 1. The molecule has 2 rings (SSSR count). The molecule has 0 saturated carbocycles. The third kappa shape index (κ3) is 2.86. The van der Waals surface area contributed by atoms with Crippen LogP contribution in [0.5, 0.6) is 0 Å². The Labute approximate surface area is 119 Å². The van der Waals surface area contributed by atoms with Gasteiger partial charge in [-0.1, -0.05) is 12.1 Å². The Morgan fingerprint density at radius 1 is 1.30 bits per heavy atom. The Hall–Kier alpha value is -1.40. The summed E-state index contributed by atoms with van der Waals surface area (Å²) in [4.78, 5) is 12.5. The highest BCUT2D eigenvalue weighted by molar-refractivity contribution is 7.92. The van der Waals surface area contributed by atoms with Crippen LogP contribution in [-0.4, -0.2) is 38.4 Å². The van der Waals surface area contributed by atoms with E-state index in [0.29, 0.717) is 31.6 Å². The van der Waals surface area contributed by atoms with Crippen LogP contribution >= 0.6 is 0 Å². The second-order valence-corrected chi connectivity index (χ2v) is 7.67. The van der Waals surface area contributed by atoms with Crippen molar-refractivity contribution >= 4 is 21.4 Å². The van der Waals surface area contributed by atoms with Crippen molar-refractivity contribution in [1.82, 2.24) is 5.32 Å². The van der Waals surface area contributed by atoms with Crippen LogP contribution in [0.15, 0.2) is 24.3 Å². The molecule has 0 aromatic heterocycles. The molecule has 1 heterocycles. The number of amides is 1. The highest BCUT2D eigenvalue weighted by Gasteiger charge is 2.48. The molecule has 5 nitrogen and oxygen atoms in total. The van der Waals surface area contributed by atoms with Gasteiger partial charge in [0.15, 0.2) is 14.6 Å². The third-order valence-electron chi connectivity index (χ3n) is 3.81. The first-order valence-electron chi connectivity index (χ1n) is 6.64. The summed E-state index contributed by atoms with van der Waals surface area (Å²) in [6.07, 6.45) is 1.76. The fourth-order valence-corrected chi connectivity index (χ4v) is 3.90. The summed E-state index contributed by atoms with van der Waals surface area (Å²) in [6.45, 7) is 3.00. The van der Waals surface area contributed by atoms with Crippen LogP contribution in [0.1, 0.15) is 18.4 Å². The molecule has 0 atom stereocenters. The van der Waals surface area contributed by atoms with Crippen molar-refractivity contribution in [1.29, 1.82) is 0 Å². The number of nitrogens with one attached hydrogen (secondary N) is 2. The molecule has 0 aliphatic carbocycles. The number of carbonyl (C=O) groups is 1. The van der Waals surface area contributed by atoms with E-state index in [2.05, 4.69) is 10.6 Å². The smallest absolute Gasteiger partial charge is 0.245 e. The van der Waals surface area contributed by atoms with Crippen LogP contribution in [0.4, 0.5) is 5.69 Å². The van der Waals surface area contributed by atoms with E-state index in [9.17, 15) is 13.2 Å². The van der Waals surface area contributed by atoms with E-state index < -0.39 is 20.5 Å². The van der Waals surface area contributed by atoms with E-state index in [0.717, 1.165) is 11.8 Å². The molecule has 0 unspecified atom stereocenters. The van der Waals surface area contributed by atoms with E-state index in [4.69, 9.17) is 0 Å². The quantitative estimate of drug-likeness (QED) is 0.876. The molecule has 110 valence electrons. The van der Waals surface area contributed by atoms with Gasteiger partial charge in [-0.25, -0.2) is 8.42 Å². The van der Waals surface area contributed by atoms with Gasteiger partial charge in [0.05, 0.1) is 0 Å². The van der Waals surface area contributed by atoms with Crippen molar-refractivity contribution in [3.05, 3.63) is 29.8 Å². The lowest BCUT2D eigenvalue weighted by molar-refractivity contribution is -0.119. The first-order valence-corrected chi connectivity index (χ1v) is 8.53. The third-order valence-corrected chi connectivity index (χ3v) is 5.82. The van der Waals surface area contributed by atoms with Gasteiger partial charge in [0.25, 0.3) is 0 Å². The zero-order valence-corrected chi connectivity index (χ0v) is 12.6. The molecule has 0 bridgehead atoms. The van der Waals surface area contributed by atoms with Crippen molar-refractivity contribution < 1.29 is 13.2 Å². The Balaban J connectivity index is 2.28. The number of benzene rings is 1. The summed E-state index contributed by atoms with van der Waals surface area (Å²) in [6, 6.07) is 7.35. The maximum Gasteiger partial charge on any atom is 0.245 e. The summed E-state index contributed by atoms with van der Waals surface area (Å²) in [5.74, 6) is -0.424. The number of hydrogen-bond acceptors (Lipinski definition) is 4. The number of hydrogen-bond donors (Lipinski definition) is 2. The van der Waals surface area contributed by atoms with Crippen molar-refractivity contribution in [2.24, 2.45) is 0 Å². The Bertz CT molecular complexity index is 605. The summed E-state index contributed by atoms with van der Waals surface area (Å²) in [5.41, 5.74) is 1.65. The van der Waals surface area contributed by atoms with Gasteiger partial charge < -0.3 is 10.6 Å². The molecule has 20 heavy (non-hydrogen) atoms. The van der Waals surface area contributed by atoms with Crippen LogP contribution in [0.2, 0.25) is 0 Å². The van der Waals surface area contributed by atoms with Crippen molar-refractivity contribution in [3.8, 4) is 0 Å². The number of anilines is 1. The fourth-order valence-electron chi connectivity index (χ4n) is 2.56. The summed E-state index contributed by atoms with van der Waals surface area (Å²) in [7, 11) is -3.47. The zero-order valence-electron chi connectivity index (χ0n) is 11.8. The van der Waals surface area contributed by atoms with Crippen molar-refractivity contribution in [2.75, 3.05) is 24.7 Å². The second kappa shape index (κ2) is 5.54. The van der Waals surface area contributed by atoms with E-state index in [1.54, 1.807) is 6.07 Å². The minimum Gasteiger partial charge on any atom is -0.325 e. The van der Waals surface area contributed by atoms with Crippen LogP contribution < -0.4 is 10.6 Å². The normalized spacial score (nSPS) is 18.5. The Kier molecular flexibility index (Phi) is 4.15. The minimum absolute atomic E-state index is 0.309. The molecular formula is C14H20N2O3S. The molecular weight excluding hydrogens is 276 g/mol. The molecule has 0 spiro atoms. The molecule has 1 amide bonds. The van der Waals surface area contributed by atoms with Crippen LogP contribution in [0.25, 0.3) is 0 Å². The van der Waals surface area contributed by atoms with Crippen LogP contribution in [-0.2, 0) is 14.6 Å². The lowest BCUT2D eigenvalue weighted by Crippen LogP contribution is -2.55. The molecule has 0 radical (unpaired) electrons. The SMILES string of the molecule is Cc1cccc(NC(=O)C2(S(C)(=O)=O)CCNCC2)c1. The van der Waals surface area contributed by atoms with E-state index in [1.807, 2.05) is 25.1 Å². The second-order valence-electron chi connectivity index (χ2n) is 5.34. The van der Waals surface area contributed by atoms with E-state index >= 15 is 0 Å². The maximum atomic E-state index is 12.5. The lowest BCUT2D eigenvalue weighted by atomic mass is 9.95. The van der Waals surface area contributed by atoms with Gasteiger partial charge in [0.2, 0.25) is 5.91 Å². The Morgan fingerprint density at radius 2 is 1.95 bits per heavy atom. The van der Waals surface area contributed by atoms with Crippen molar-refractivity contribution in [2.45, 2.75) is 24.5 Å². The number of rotatable bonds is 3. The maximum absolute atomic E-state index is 12.5. The monoisotopic (exact) mass is 296 g/mol. The van der Waals surface area contributed by atoms with Gasteiger partial charge in [-0.15, -0.1) is 0 Å². The van der Waals surface area contributed by atoms with Gasteiger partial charge in [0.1, 0.15) is 0 Å². The zero-order chi connectivity index (χ0) is 14.8. The molecule has 1 aromatic carbocycles. The summed E-state index contributed by atoms with van der Waals surface area (Å²) < 4.78 is 22.9. The molecule has 1 fully saturated rings. The Morgan fingerprint density at radius 3 is 2.50 bits per heavy atom. The predicted molar refractivity (Wildman–Crippen MR) is 79.5 cm³/mol. The highest BCUT2D eigenvalue weighted by Crippen LogP contribution is 2.29. The minimum atomic E-state index is -3.47. The average Bonchev–Trinajstić information content (AvgIpc) is 2.38. The fraction of sp³-hybridized carbons (Fsp3) is 0.500. The lowest BCUT2D eigenvalue weighted by Gasteiger charge is -2.34. The largest absolute Gasteiger partial charge is 0.325 e. The number of aryl methyl sites for hydroxylation is 1. The first-order chi connectivity index (χ1) is 9.35. The molecule has 1 aromatic rings. The molecule has 6 heteroatoms. The van der Waals surface area contributed by atoms with Gasteiger partial charge in [-0.2, -0.15) is 0 Å². The molecule has 2 N–H and O–H groups in total. The van der Waals surface area contributed by atoms with Gasteiger partial charge in [0, 0.05) is 11.9 Å². The first kappa shape index (κ1) is 15.0.